The third kappa shape index (κ3) is 9.05. The van der Waals surface area contributed by atoms with E-state index in [1.807, 2.05) is 0 Å². The Balaban J connectivity index is 3.23. The monoisotopic (exact) mass is 536 g/mol. The van der Waals surface area contributed by atoms with Crippen LogP contribution in [-0.2, 0) is 19.6 Å². The normalized spacial score (nSPS) is 27.0. The predicted octanol–water partition coefficient (Wildman–Crippen LogP) is 6.18. The van der Waals surface area contributed by atoms with Crippen molar-refractivity contribution in [2.75, 3.05) is 13.2 Å². The van der Waals surface area contributed by atoms with Gasteiger partial charge in [0, 0.05) is 26.1 Å². The van der Waals surface area contributed by atoms with Crippen molar-refractivity contribution in [1.82, 2.24) is 0 Å². The second kappa shape index (κ2) is 12.5. The Morgan fingerprint density at radius 3 is 2.06 bits per heavy atom. The molecule has 5 nitrogen and oxygen atoms in total. The van der Waals surface area contributed by atoms with Crippen LogP contribution >= 0.6 is 0 Å². The lowest BCUT2D eigenvalue weighted by atomic mass is 9.71. The van der Waals surface area contributed by atoms with Crippen LogP contribution in [0.5, 0.6) is 0 Å². The van der Waals surface area contributed by atoms with Crippen molar-refractivity contribution in [2.24, 2.45) is 11.8 Å². The summed E-state index contributed by atoms with van der Waals surface area (Å²) in [5.74, 6) is -1.39. The molecule has 4 atom stereocenters. The number of alkyl halides is 8. The second-order valence-corrected chi connectivity index (χ2v) is 10.5. The second-order valence-electron chi connectivity index (χ2n) is 8.91. The van der Waals surface area contributed by atoms with Crippen LogP contribution in [0.4, 0.5) is 35.1 Å². The van der Waals surface area contributed by atoms with E-state index in [-0.39, 0.29) is 25.7 Å². The maximum atomic E-state index is 14.4. The summed E-state index contributed by atoms with van der Waals surface area (Å²) in [4.78, 5) is 0. The molecule has 14 heteroatoms. The van der Waals surface area contributed by atoms with E-state index < -0.39 is 96.6 Å². The van der Waals surface area contributed by atoms with Gasteiger partial charge in [0.25, 0.3) is 10.1 Å². The maximum absolute atomic E-state index is 14.4. The zero-order valence-electron chi connectivity index (χ0n) is 19.0. The van der Waals surface area contributed by atoms with Gasteiger partial charge in [-0.15, -0.1) is 0 Å². The summed E-state index contributed by atoms with van der Waals surface area (Å²) in [6.07, 6.45) is -18.3. The third-order valence-corrected chi connectivity index (χ3v) is 7.32. The molecule has 0 amide bonds. The van der Waals surface area contributed by atoms with E-state index in [4.69, 9.17) is 9.47 Å². The first-order valence-corrected chi connectivity index (χ1v) is 12.6. The molecule has 0 aromatic carbocycles. The zero-order valence-corrected chi connectivity index (χ0v) is 19.8. The molecule has 0 saturated heterocycles. The molecular weight excluding hydrogens is 504 g/mol. The topological polar surface area (TPSA) is 72.8 Å². The van der Waals surface area contributed by atoms with Crippen molar-refractivity contribution in [3.8, 4) is 0 Å². The summed E-state index contributed by atoms with van der Waals surface area (Å²) in [6.45, 7) is 1.90. The molecule has 0 aromatic rings. The zero-order chi connectivity index (χ0) is 26.4. The van der Waals surface area contributed by atoms with Crippen molar-refractivity contribution < 1.29 is 57.6 Å². The highest BCUT2D eigenvalue weighted by molar-refractivity contribution is 7.86. The summed E-state index contributed by atoms with van der Waals surface area (Å²) in [7, 11) is -5.09. The number of ether oxygens (including phenoxy) is 2. The van der Waals surface area contributed by atoms with Gasteiger partial charge in [-0.3, -0.25) is 4.55 Å². The van der Waals surface area contributed by atoms with Gasteiger partial charge in [0.2, 0.25) is 6.43 Å². The average molecular weight is 537 g/mol. The minimum atomic E-state index is -5.18. The van der Waals surface area contributed by atoms with E-state index in [0.29, 0.717) is 0 Å². The lowest BCUT2D eigenvalue weighted by Crippen LogP contribution is -2.67. The standard InChI is InChI=1S/C20H32F8O5S/c1-13(2)14-8-10-18(20(26,27)28,33-12-6-4-9-19(23,24)25)17(16(14)34(29,30)31)32-11-5-3-7-15(21)22/h13-17H,3-12H2,1-2H3,(H,29,30,31). The lowest BCUT2D eigenvalue weighted by Gasteiger charge is -2.50. The quantitative estimate of drug-likeness (QED) is 0.173. The van der Waals surface area contributed by atoms with Crippen molar-refractivity contribution >= 4 is 10.1 Å². The van der Waals surface area contributed by atoms with E-state index in [1.54, 1.807) is 13.8 Å². The fourth-order valence-corrected chi connectivity index (χ4v) is 5.83. The smallest absolute Gasteiger partial charge is 0.373 e. The first-order chi connectivity index (χ1) is 15.4. The Labute approximate surface area is 194 Å². The molecule has 0 bridgehead atoms. The first kappa shape index (κ1) is 31.3. The van der Waals surface area contributed by atoms with Gasteiger partial charge >= 0.3 is 12.4 Å². The minimum Gasteiger partial charge on any atom is -0.373 e. The fourth-order valence-electron chi connectivity index (χ4n) is 4.33. The van der Waals surface area contributed by atoms with Crippen LogP contribution in [-0.4, -0.2) is 61.9 Å². The summed E-state index contributed by atoms with van der Waals surface area (Å²) in [6, 6.07) is 0. The Bertz CT molecular complexity index is 711. The average Bonchev–Trinajstić information content (AvgIpc) is 2.64. The molecule has 204 valence electrons. The van der Waals surface area contributed by atoms with Crippen molar-refractivity contribution in [3.05, 3.63) is 0 Å². The van der Waals surface area contributed by atoms with E-state index in [9.17, 15) is 48.1 Å². The highest BCUT2D eigenvalue weighted by Crippen LogP contribution is 2.50. The third-order valence-electron chi connectivity index (χ3n) is 6.04. The first-order valence-electron chi connectivity index (χ1n) is 11.1. The Hall–Kier alpha value is -0.730. The van der Waals surface area contributed by atoms with Crippen LogP contribution in [0.3, 0.4) is 0 Å². The van der Waals surface area contributed by atoms with Crippen molar-refractivity contribution in [3.63, 3.8) is 0 Å². The van der Waals surface area contributed by atoms with Gasteiger partial charge in [-0.25, -0.2) is 8.78 Å². The van der Waals surface area contributed by atoms with Crippen LogP contribution in [0.15, 0.2) is 0 Å². The number of hydrogen-bond acceptors (Lipinski definition) is 4. The van der Waals surface area contributed by atoms with Crippen LogP contribution in [0.2, 0.25) is 0 Å². The molecule has 1 saturated carbocycles. The molecule has 0 aliphatic heterocycles. The summed E-state index contributed by atoms with van der Waals surface area (Å²) >= 11 is 0. The predicted molar refractivity (Wildman–Crippen MR) is 107 cm³/mol. The molecule has 0 aromatic heterocycles. The van der Waals surface area contributed by atoms with Crippen molar-refractivity contribution in [2.45, 2.75) is 101 Å². The van der Waals surface area contributed by atoms with Gasteiger partial charge in [-0.05, 0) is 50.4 Å². The fraction of sp³-hybridized carbons (Fsp3) is 1.00. The number of rotatable bonds is 13. The van der Waals surface area contributed by atoms with Crippen molar-refractivity contribution in [1.29, 1.82) is 0 Å². The molecule has 1 rings (SSSR count). The van der Waals surface area contributed by atoms with Crippen LogP contribution in [0.1, 0.15) is 65.2 Å². The Morgan fingerprint density at radius 1 is 1.00 bits per heavy atom. The van der Waals surface area contributed by atoms with Gasteiger partial charge in [0.1, 0.15) is 11.4 Å². The molecule has 0 heterocycles. The van der Waals surface area contributed by atoms with Gasteiger partial charge in [-0.2, -0.15) is 34.8 Å². The van der Waals surface area contributed by atoms with Gasteiger partial charge in [0.15, 0.2) is 5.60 Å². The van der Waals surface area contributed by atoms with Gasteiger partial charge in [-0.1, -0.05) is 13.8 Å². The SMILES string of the molecule is CC(C)C1CCC(OCCCCC(F)(F)F)(C(F)(F)F)C(OCCCCC(F)F)C1S(=O)(=O)O. The van der Waals surface area contributed by atoms with Crippen LogP contribution in [0.25, 0.3) is 0 Å². The van der Waals surface area contributed by atoms with Crippen LogP contribution < -0.4 is 0 Å². The lowest BCUT2D eigenvalue weighted by molar-refractivity contribution is -0.325. The van der Waals surface area contributed by atoms with Gasteiger partial charge in [0.05, 0.1) is 0 Å². The largest absolute Gasteiger partial charge is 0.420 e. The molecule has 34 heavy (non-hydrogen) atoms. The summed E-state index contributed by atoms with van der Waals surface area (Å²) in [5, 5.41) is -2.02. The Morgan fingerprint density at radius 2 is 1.59 bits per heavy atom. The van der Waals surface area contributed by atoms with E-state index in [2.05, 4.69) is 0 Å². The van der Waals surface area contributed by atoms with E-state index >= 15 is 0 Å². The summed E-state index contributed by atoms with van der Waals surface area (Å²) < 4.78 is 149. The molecule has 1 aliphatic rings. The molecule has 0 spiro atoms. The minimum absolute atomic E-state index is 0.0914. The highest BCUT2D eigenvalue weighted by Gasteiger charge is 2.68. The number of hydrogen-bond donors (Lipinski definition) is 1. The van der Waals surface area contributed by atoms with Crippen LogP contribution in [0, 0.1) is 11.8 Å². The number of unbranched alkanes of at least 4 members (excludes halogenated alkanes) is 2. The molecular formula is C20H32F8O5S. The molecule has 4 unspecified atom stereocenters. The summed E-state index contributed by atoms with van der Waals surface area (Å²) in [5.41, 5.74) is -3.19. The Kier molecular flexibility index (Phi) is 11.5. The maximum Gasteiger partial charge on any atom is 0.420 e. The van der Waals surface area contributed by atoms with Gasteiger partial charge < -0.3 is 9.47 Å². The molecule has 1 aliphatic carbocycles. The molecule has 1 N–H and O–H groups in total. The molecule has 0 radical (unpaired) electrons. The molecule has 1 fully saturated rings. The number of halogens is 8. The van der Waals surface area contributed by atoms with E-state index in [1.165, 1.54) is 0 Å². The highest BCUT2D eigenvalue weighted by atomic mass is 32.2. The van der Waals surface area contributed by atoms with E-state index in [0.717, 1.165) is 0 Å².